The van der Waals surface area contributed by atoms with E-state index in [9.17, 15) is 9.59 Å². The molecule has 0 spiro atoms. The molecule has 1 aliphatic heterocycles. The molecular formula is C17H15BrN4O4S. The van der Waals surface area contributed by atoms with E-state index in [1.54, 1.807) is 17.5 Å². The summed E-state index contributed by atoms with van der Waals surface area (Å²) in [6, 6.07) is 7.04. The van der Waals surface area contributed by atoms with Crippen LogP contribution in [0.25, 0.3) is 11.0 Å². The SMILES string of the molecule is O=C(NNC(=O)c1cc2cc(Br)ccc2o1)c1csc(N2CCOCC2)n1. The molecule has 140 valence electrons. The van der Waals surface area contributed by atoms with Crippen molar-refractivity contribution in [2.75, 3.05) is 31.2 Å². The lowest BCUT2D eigenvalue weighted by atomic mass is 10.2. The third kappa shape index (κ3) is 3.97. The van der Waals surface area contributed by atoms with Gasteiger partial charge in [0.15, 0.2) is 10.9 Å². The first-order chi connectivity index (χ1) is 13.1. The second kappa shape index (κ2) is 7.67. The van der Waals surface area contributed by atoms with Crippen LogP contribution in [0, 0.1) is 0 Å². The number of nitrogens with one attached hydrogen (secondary N) is 2. The topological polar surface area (TPSA) is 96.7 Å². The molecule has 1 fully saturated rings. The van der Waals surface area contributed by atoms with E-state index in [0.717, 1.165) is 28.1 Å². The second-order valence-electron chi connectivity index (χ2n) is 5.82. The van der Waals surface area contributed by atoms with Crippen LogP contribution in [0.15, 0.2) is 38.5 Å². The number of thiazole rings is 1. The zero-order valence-electron chi connectivity index (χ0n) is 14.0. The molecule has 1 saturated heterocycles. The first kappa shape index (κ1) is 18.0. The van der Waals surface area contributed by atoms with Crippen molar-refractivity contribution in [1.29, 1.82) is 0 Å². The van der Waals surface area contributed by atoms with Crippen LogP contribution in [0.1, 0.15) is 21.0 Å². The summed E-state index contributed by atoms with van der Waals surface area (Å²) in [5.74, 6) is -0.923. The van der Waals surface area contributed by atoms with Gasteiger partial charge in [0.05, 0.1) is 13.2 Å². The van der Waals surface area contributed by atoms with Crippen LogP contribution in [0.2, 0.25) is 0 Å². The van der Waals surface area contributed by atoms with Gasteiger partial charge in [0.2, 0.25) is 0 Å². The van der Waals surface area contributed by atoms with Gasteiger partial charge in [-0.15, -0.1) is 11.3 Å². The zero-order valence-corrected chi connectivity index (χ0v) is 16.4. The highest BCUT2D eigenvalue weighted by Crippen LogP contribution is 2.23. The third-order valence-electron chi connectivity index (χ3n) is 4.00. The molecule has 3 heterocycles. The number of halogens is 1. The minimum Gasteiger partial charge on any atom is -0.451 e. The molecule has 1 aliphatic rings. The molecule has 2 aromatic heterocycles. The van der Waals surface area contributed by atoms with Gasteiger partial charge in [-0.05, 0) is 24.3 Å². The van der Waals surface area contributed by atoms with Gasteiger partial charge in [0, 0.05) is 28.3 Å². The highest BCUT2D eigenvalue weighted by Gasteiger charge is 2.19. The Morgan fingerprint density at radius 3 is 2.74 bits per heavy atom. The average molecular weight is 451 g/mol. The van der Waals surface area contributed by atoms with Crippen molar-refractivity contribution in [1.82, 2.24) is 15.8 Å². The molecule has 0 radical (unpaired) electrons. The highest BCUT2D eigenvalue weighted by atomic mass is 79.9. The maximum Gasteiger partial charge on any atom is 0.305 e. The van der Waals surface area contributed by atoms with E-state index < -0.39 is 11.8 Å². The minimum absolute atomic E-state index is 0.107. The van der Waals surface area contributed by atoms with Crippen molar-refractivity contribution >= 4 is 55.2 Å². The number of hydrogen-bond donors (Lipinski definition) is 2. The molecule has 0 aliphatic carbocycles. The van der Waals surface area contributed by atoms with Gasteiger partial charge in [-0.3, -0.25) is 20.4 Å². The number of hydrogen-bond acceptors (Lipinski definition) is 7. The first-order valence-corrected chi connectivity index (χ1v) is 9.85. The van der Waals surface area contributed by atoms with Crippen LogP contribution in [-0.4, -0.2) is 43.1 Å². The summed E-state index contributed by atoms with van der Waals surface area (Å²) in [7, 11) is 0. The van der Waals surface area contributed by atoms with Crippen LogP contribution < -0.4 is 15.8 Å². The maximum absolute atomic E-state index is 12.2. The number of ether oxygens (including phenoxy) is 1. The van der Waals surface area contributed by atoms with Crippen LogP contribution >= 0.6 is 27.3 Å². The summed E-state index contributed by atoms with van der Waals surface area (Å²) in [5.41, 5.74) is 5.54. The Morgan fingerprint density at radius 1 is 1.15 bits per heavy atom. The monoisotopic (exact) mass is 450 g/mol. The number of anilines is 1. The van der Waals surface area contributed by atoms with E-state index >= 15 is 0 Å². The number of amides is 2. The van der Waals surface area contributed by atoms with E-state index in [2.05, 4.69) is 36.7 Å². The zero-order chi connectivity index (χ0) is 18.8. The summed E-state index contributed by atoms with van der Waals surface area (Å²) < 4.78 is 11.7. The van der Waals surface area contributed by atoms with Gasteiger partial charge in [-0.1, -0.05) is 15.9 Å². The van der Waals surface area contributed by atoms with Crippen molar-refractivity contribution in [3.05, 3.63) is 45.6 Å². The van der Waals surface area contributed by atoms with Crippen molar-refractivity contribution in [2.45, 2.75) is 0 Å². The van der Waals surface area contributed by atoms with Gasteiger partial charge in [0.25, 0.3) is 5.91 Å². The quantitative estimate of drug-likeness (QED) is 0.595. The van der Waals surface area contributed by atoms with Crippen LogP contribution in [0.4, 0.5) is 5.13 Å². The molecule has 4 rings (SSSR count). The van der Waals surface area contributed by atoms with Gasteiger partial charge in [0.1, 0.15) is 11.3 Å². The standard InChI is InChI=1S/C17H15BrN4O4S/c18-11-1-2-13-10(7-11)8-14(26-13)16(24)21-20-15(23)12-9-27-17(19-12)22-3-5-25-6-4-22/h1-2,7-9H,3-6H2,(H,20,23)(H,21,24). The van der Waals surface area contributed by atoms with Crippen molar-refractivity contribution < 1.29 is 18.7 Å². The molecule has 2 N–H and O–H groups in total. The maximum atomic E-state index is 12.2. The predicted molar refractivity (Wildman–Crippen MR) is 104 cm³/mol. The van der Waals surface area contributed by atoms with Gasteiger partial charge in [-0.25, -0.2) is 4.98 Å². The number of carbonyl (C=O) groups excluding carboxylic acids is 2. The Balaban J connectivity index is 1.38. The van der Waals surface area contributed by atoms with Crippen LogP contribution in [-0.2, 0) is 4.74 Å². The number of rotatable bonds is 3. The smallest absolute Gasteiger partial charge is 0.305 e. The van der Waals surface area contributed by atoms with Crippen molar-refractivity contribution in [3.63, 3.8) is 0 Å². The van der Waals surface area contributed by atoms with Gasteiger partial charge < -0.3 is 14.1 Å². The Kier molecular flexibility index (Phi) is 5.10. The third-order valence-corrected chi connectivity index (χ3v) is 5.39. The van der Waals surface area contributed by atoms with E-state index in [1.807, 2.05) is 12.1 Å². The van der Waals surface area contributed by atoms with E-state index in [0.29, 0.717) is 18.8 Å². The average Bonchev–Trinajstić information content (AvgIpc) is 3.33. The molecule has 2 amide bonds. The normalized spacial score (nSPS) is 14.3. The molecule has 1 aromatic carbocycles. The number of aromatic nitrogens is 1. The van der Waals surface area contributed by atoms with Crippen molar-refractivity contribution in [2.24, 2.45) is 0 Å². The Morgan fingerprint density at radius 2 is 1.93 bits per heavy atom. The Hall–Kier alpha value is -2.43. The molecule has 8 nitrogen and oxygen atoms in total. The molecule has 0 saturated carbocycles. The molecule has 10 heteroatoms. The summed E-state index contributed by atoms with van der Waals surface area (Å²) >= 11 is 4.75. The van der Waals surface area contributed by atoms with Crippen LogP contribution in [0.5, 0.6) is 0 Å². The van der Waals surface area contributed by atoms with E-state index in [-0.39, 0.29) is 11.5 Å². The fourth-order valence-corrected chi connectivity index (χ4v) is 3.87. The lowest BCUT2D eigenvalue weighted by molar-refractivity contribution is 0.0830. The molecule has 0 bridgehead atoms. The lowest BCUT2D eigenvalue weighted by Crippen LogP contribution is -2.41. The number of hydrazine groups is 1. The Bertz CT molecular complexity index is 996. The van der Waals surface area contributed by atoms with E-state index in [1.165, 1.54) is 11.3 Å². The fraction of sp³-hybridized carbons (Fsp3) is 0.235. The fourth-order valence-electron chi connectivity index (χ4n) is 2.63. The van der Waals surface area contributed by atoms with E-state index in [4.69, 9.17) is 9.15 Å². The molecular weight excluding hydrogens is 436 g/mol. The minimum atomic E-state index is -0.542. The largest absolute Gasteiger partial charge is 0.451 e. The molecule has 3 aromatic rings. The van der Waals surface area contributed by atoms with Crippen molar-refractivity contribution in [3.8, 4) is 0 Å². The molecule has 0 atom stereocenters. The number of furan rings is 1. The summed E-state index contributed by atoms with van der Waals surface area (Å²) in [6.45, 7) is 2.78. The number of fused-ring (bicyclic) bond motifs is 1. The highest BCUT2D eigenvalue weighted by molar-refractivity contribution is 9.10. The number of carbonyl (C=O) groups is 2. The number of nitrogens with zero attached hydrogens (tertiary/aromatic N) is 2. The molecule has 27 heavy (non-hydrogen) atoms. The number of morpholine rings is 1. The predicted octanol–water partition coefficient (Wildman–Crippen LogP) is 2.56. The second-order valence-corrected chi connectivity index (χ2v) is 7.57. The summed E-state index contributed by atoms with van der Waals surface area (Å²) in [4.78, 5) is 30.8. The van der Waals surface area contributed by atoms with Crippen LogP contribution in [0.3, 0.4) is 0 Å². The van der Waals surface area contributed by atoms with Gasteiger partial charge >= 0.3 is 5.91 Å². The first-order valence-electron chi connectivity index (χ1n) is 8.18. The Labute approximate surface area is 166 Å². The number of benzene rings is 1. The summed E-state index contributed by atoms with van der Waals surface area (Å²) in [6.07, 6.45) is 0. The lowest BCUT2D eigenvalue weighted by Gasteiger charge is -2.25. The molecule has 0 unspecified atom stereocenters. The van der Waals surface area contributed by atoms with Gasteiger partial charge in [-0.2, -0.15) is 0 Å². The summed E-state index contributed by atoms with van der Waals surface area (Å²) in [5, 5.41) is 3.21.